The largest absolute Gasteiger partial charge is 0.452 e. The first-order valence-electron chi connectivity index (χ1n) is 6.34. The summed E-state index contributed by atoms with van der Waals surface area (Å²) < 4.78 is 9.73. The highest BCUT2D eigenvalue weighted by Gasteiger charge is 2.13. The molecule has 4 aromatic rings. The normalized spacial score (nSPS) is 11.4. The van der Waals surface area contributed by atoms with Gasteiger partial charge in [0.25, 0.3) is 0 Å². The molecule has 0 amide bonds. The monoisotopic (exact) mass is 332 g/mol. The molecule has 7 nitrogen and oxygen atoms in total. The second-order valence-electron chi connectivity index (χ2n) is 4.65. The Labute approximate surface area is 134 Å². The van der Waals surface area contributed by atoms with E-state index in [1.165, 1.54) is 0 Å². The van der Waals surface area contributed by atoms with Crippen molar-refractivity contribution in [1.29, 1.82) is 0 Å². The van der Waals surface area contributed by atoms with Crippen LogP contribution in [0.25, 0.3) is 16.8 Å². The Balaban J connectivity index is 1.82. The molecule has 0 fully saturated rings. The topological polar surface area (TPSA) is 73.0 Å². The van der Waals surface area contributed by atoms with Gasteiger partial charge in [-0.25, -0.2) is 14.5 Å². The SMILES string of the molecule is Cn1c(=S)[nH]c2ncc(Oc3cnn4ccnc4c3)c(Cl)c21. The number of aromatic nitrogens is 6. The standard InChI is InChI=1S/C13H9ClN6OS/c1-19-11-10(14)8(6-16-12(11)18-13(19)22)21-7-4-9-15-2-3-20(9)17-5-7/h2-6H,1H3,(H,16,18,22). The molecular weight excluding hydrogens is 324 g/mol. The van der Waals surface area contributed by atoms with E-state index in [1.807, 2.05) is 7.05 Å². The van der Waals surface area contributed by atoms with E-state index in [2.05, 4.69) is 20.1 Å². The van der Waals surface area contributed by atoms with Crippen molar-refractivity contribution >= 4 is 40.6 Å². The summed E-state index contributed by atoms with van der Waals surface area (Å²) >= 11 is 11.6. The first-order valence-corrected chi connectivity index (χ1v) is 7.12. The minimum Gasteiger partial charge on any atom is -0.452 e. The molecular formula is C13H9ClN6OS. The average molecular weight is 333 g/mol. The number of pyridine rings is 1. The van der Waals surface area contributed by atoms with Crippen LogP contribution >= 0.6 is 23.8 Å². The van der Waals surface area contributed by atoms with Crippen molar-refractivity contribution in [3.63, 3.8) is 0 Å². The molecule has 22 heavy (non-hydrogen) atoms. The van der Waals surface area contributed by atoms with Crippen LogP contribution in [0.4, 0.5) is 0 Å². The number of rotatable bonds is 2. The lowest BCUT2D eigenvalue weighted by Crippen LogP contribution is -1.94. The first kappa shape index (κ1) is 13.2. The van der Waals surface area contributed by atoms with Crippen LogP contribution in [0.3, 0.4) is 0 Å². The molecule has 4 aromatic heterocycles. The Morgan fingerprint density at radius 2 is 2.18 bits per heavy atom. The average Bonchev–Trinajstić information content (AvgIpc) is 3.07. The highest BCUT2D eigenvalue weighted by atomic mass is 35.5. The van der Waals surface area contributed by atoms with Crippen LogP contribution in [0, 0.1) is 4.77 Å². The molecule has 4 heterocycles. The third-order valence-corrected chi connectivity index (χ3v) is 4.02. The van der Waals surface area contributed by atoms with Gasteiger partial charge in [-0.2, -0.15) is 5.10 Å². The summed E-state index contributed by atoms with van der Waals surface area (Å²) in [5, 5.41) is 4.62. The van der Waals surface area contributed by atoms with E-state index in [9.17, 15) is 0 Å². The van der Waals surface area contributed by atoms with Crippen molar-refractivity contribution in [3.8, 4) is 11.5 Å². The van der Waals surface area contributed by atoms with Gasteiger partial charge in [0, 0.05) is 25.5 Å². The van der Waals surface area contributed by atoms with E-state index in [1.54, 1.807) is 39.9 Å². The molecule has 0 aliphatic heterocycles. The van der Waals surface area contributed by atoms with Gasteiger partial charge in [-0.05, 0) is 12.2 Å². The zero-order chi connectivity index (χ0) is 15.3. The van der Waals surface area contributed by atoms with Crippen LogP contribution in [-0.4, -0.2) is 29.1 Å². The maximum Gasteiger partial charge on any atom is 0.179 e. The predicted octanol–water partition coefficient (Wildman–Crippen LogP) is 3.12. The Bertz CT molecular complexity index is 1070. The lowest BCUT2D eigenvalue weighted by atomic mass is 10.4. The maximum atomic E-state index is 6.41. The zero-order valence-corrected chi connectivity index (χ0v) is 12.9. The number of fused-ring (bicyclic) bond motifs is 2. The highest BCUT2D eigenvalue weighted by molar-refractivity contribution is 7.71. The molecule has 4 rings (SSSR count). The number of aromatic amines is 1. The quantitative estimate of drug-likeness (QED) is 0.571. The third kappa shape index (κ3) is 1.96. The fourth-order valence-corrected chi connectivity index (χ4v) is 2.68. The van der Waals surface area contributed by atoms with Gasteiger partial charge < -0.3 is 14.3 Å². The van der Waals surface area contributed by atoms with E-state index in [-0.39, 0.29) is 0 Å². The van der Waals surface area contributed by atoms with Crippen molar-refractivity contribution < 1.29 is 4.74 Å². The predicted molar refractivity (Wildman–Crippen MR) is 84.0 cm³/mol. The smallest absolute Gasteiger partial charge is 0.179 e. The van der Waals surface area contributed by atoms with E-state index < -0.39 is 0 Å². The number of hydrogen-bond donors (Lipinski definition) is 1. The maximum absolute atomic E-state index is 6.41. The molecule has 0 radical (unpaired) electrons. The molecule has 0 unspecified atom stereocenters. The second-order valence-corrected chi connectivity index (χ2v) is 5.41. The molecule has 9 heteroatoms. The molecule has 110 valence electrons. The second kappa shape index (κ2) is 4.79. The molecule has 0 saturated carbocycles. The summed E-state index contributed by atoms with van der Waals surface area (Å²) in [6, 6.07) is 1.77. The number of ether oxygens (including phenoxy) is 1. The Morgan fingerprint density at radius 1 is 1.32 bits per heavy atom. The van der Waals surface area contributed by atoms with Crippen LogP contribution in [0.2, 0.25) is 5.02 Å². The summed E-state index contributed by atoms with van der Waals surface area (Å²) in [6.07, 6.45) is 6.55. The summed E-state index contributed by atoms with van der Waals surface area (Å²) in [5.41, 5.74) is 1.99. The van der Waals surface area contributed by atoms with Crippen LogP contribution in [-0.2, 0) is 7.05 Å². The number of nitrogens with zero attached hydrogens (tertiary/aromatic N) is 5. The fraction of sp³-hybridized carbons (Fsp3) is 0.0769. The molecule has 0 aromatic carbocycles. The summed E-state index contributed by atoms with van der Waals surface area (Å²) in [6.45, 7) is 0. The van der Waals surface area contributed by atoms with Crippen molar-refractivity contribution in [1.82, 2.24) is 29.1 Å². The summed E-state index contributed by atoms with van der Waals surface area (Å²) in [7, 11) is 1.82. The third-order valence-electron chi connectivity index (χ3n) is 3.28. The number of nitrogens with one attached hydrogen (secondary N) is 1. The Kier molecular flexibility index (Phi) is 2.88. The molecule has 0 atom stereocenters. The number of imidazole rings is 2. The van der Waals surface area contributed by atoms with Crippen LogP contribution in [0.15, 0.2) is 30.9 Å². The fourth-order valence-electron chi connectivity index (χ4n) is 2.19. The minimum atomic E-state index is 0.427. The molecule has 0 saturated heterocycles. The van der Waals surface area contributed by atoms with Gasteiger partial charge >= 0.3 is 0 Å². The van der Waals surface area contributed by atoms with Crippen molar-refractivity contribution in [2.24, 2.45) is 7.05 Å². The highest BCUT2D eigenvalue weighted by Crippen LogP contribution is 2.33. The number of aryl methyl sites for hydroxylation is 1. The lowest BCUT2D eigenvalue weighted by Gasteiger charge is -2.08. The first-order chi connectivity index (χ1) is 10.6. The van der Waals surface area contributed by atoms with Gasteiger partial charge in [-0.3, -0.25) is 0 Å². The van der Waals surface area contributed by atoms with Crippen molar-refractivity contribution in [3.05, 3.63) is 40.6 Å². The van der Waals surface area contributed by atoms with Gasteiger partial charge in [0.2, 0.25) is 0 Å². The van der Waals surface area contributed by atoms with Gasteiger partial charge in [0.1, 0.15) is 10.5 Å². The molecule has 0 aliphatic carbocycles. The van der Waals surface area contributed by atoms with Gasteiger partial charge in [0.15, 0.2) is 27.6 Å². The van der Waals surface area contributed by atoms with E-state index in [0.29, 0.717) is 38.1 Å². The zero-order valence-electron chi connectivity index (χ0n) is 11.3. The van der Waals surface area contributed by atoms with Crippen molar-refractivity contribution in [2.45, 2.75) is 0 Å². The number of H-pyrrole nitrogens is 1. The van der Waals surface area contributed by atoms with Gasteiger partial charge in [0.05, 0.1) is 12.4 Å². The van der Waals surface area contributed by atoms with E-state index in [0.717, 1.165) is 0 Å². The number of halogens is 1. The van der Waals surface area contributed by atoms with Crippen molar-refractivity contribution in [2.75, 3.05) is 0 Å². The minimum absolute atomic E-state index is 0.427. The molecule has 0 spiro atoms. The van der Waals surface area contributed by atoms with Gasteiger partial charge in [-0.15, -0.1) is 0 Å². The van der Waals surface area contributed by atoms with E-state index in [4.69, 9.17) is 28.6 Å². The summed E-state index contributed by atoms with van der Waals surface area (Å²) in [5.74, 6) is 0.954. The Hall–Kier alpha value is -2.45. The summed E-state index contributed by atoms with van der Waals surface area (Å²) in [4.78, 5) is 11.4. The molecule has 0 bridgehead atoms. The number of hydrogen-bond acceptors (Lipinski definition) is 5. The molecule has 0 aliphatic rings. The van der Waals surface area contributed by atoms with Crippen LogP contribution < -0.4 is 4.74 Å². The van der Waals surface area contributed by atoms with E-state index >= 15 is 0 Å². The van der Waals surface area contributed by atoms with Gasteiger partial charge in [-0.1, -0.05) is 11.6 Å². The van der Waals surface area contributed by atoms with Crippen LogP contribution in [0.1, 0.15) is 0 Å². The molecule has 1 N–H and O–H groups in total. The van der Waals surface area contributed by atoms with Crippen LogP contribution in [0.5, 0.6) is 11.5 Å². The Morgan fingerprint density at radius 3 is 3.05 bits per heavy atom. The lowest BCUT2D eigenvalue weighted by molar-refractivity contribution is 0.477.